The molecule has 0 bridgehead atoms. The predicted molar refractivity (Wildman–Crippen MR) is 157 cm³/mol. The first-order valence-electron chi connectivity index (χ1n) is 13.8. The Labute approximate surface area is 249 Å². The van der Waals surface area contributed by atoms with Crippen molar-refractivity contribution in [1.82, 2.24) is 26.1 Å². The number of carbonyl (C=O) groups excluding carboxylic acids is 3. The lowest BCUT2D eigenvalue weighted by atomic mass is 10.0. The van der Waals surface area contributed by atoms with Crippen LogP contribution in [0.15, 0.2) is 89.8 Å². The van der Waals surface area contributed by atoms with Crippen molar-refractivity contribution >= 4 is 17.9 Å². The third-order valence-corrected chi connectivity index (χ3v) is 6.41. The normalized spacial score (nSPS) is 12.0. The Balaban J connectivity index is 1.50. The van der Waals surface area contributed by atoms with E-state index in [1.165, 1.54) is 12.3 Å². The molecule has 0 fully saturated rings. The van der Waals surface area contributed by atoms with Gasteiger partial charge >= 0.3 is 12.0 Å². The van der Waals surface area contributed by atoms with E-state index >= 15 is 0 Å². The molecule has 2 heterocycles. The number of nitrogens with two attached hydrogens (primary N) is 1. The molecule has 4 aromatic rings. The zero-order valence-corrected chi connectivity index (χ0v) is 23.7. The average Bonchev–Trinajstić information content (AvgIpc) is 3.54. The number of carbonyl (C=O) groups is 3. The first-order chi connectivity index (χ1) is 20.9. The summed E-state index contributed by atoms with van der Waals surface area (Å²) in [6.45, 7) is 3.07. The van der Waals surface area contributed by atoms with Crippen LogP contribution in [0.4, 0.5) is 4.79 Å². The van der Waals surface area contributed by atoms with E-state index in [9.17, 15) is 14.4 Å². The van der Waals surface area contributed by atoms with E-state index in [2.05, 4.69) is 26.1 Å². The van der Waals surface area contributed by atoms with Gasteiger partial charge in [-0.25, -0.2) is 4.79 Å². The molecule has 12 nitrogen and oxygen atoms in total. The van der Waals surface area contributed by atoms with Gasteiger partial charge in [0.2, 0.25) is 11.8 Å². The maximum Gasteiger partial charge on any atom is 0.415 e. The van der Waals surface area contributed by atoms with Crippen molar-refractivity contribution in [3.05, 3.63) is 108 Å². The van der Waals surface area contributed by atoms with Crippen LogP contribution in [0, 0.1) is 0 Å². The Bertz CT molecular complexity index is 1450. The maximum absolute atomic E-state index is 13.7. The maximum atomic E-state index is 13.7. The van der Waals surface area contributed by atoms with Crippen molar-refractivity contribution < 1.29 is 28.4 Å². The Morgan fingerprint density at radius 1 is 0.837 bits per heavy atom. The van der Waals surface area contributed by atoms with Gasteiger partial charge in [0, 0.05) is 44.4 Å². The lowest BCUT2D eigenvalue weighted by molar-refractivity contribution is -0.130. The molecule has 0 saturated carbocycles. The lowest BCUT2D eigenvalue weighted by Gasteiger charge is -2.23. The quantitative estimate of drug-likeness (QED) is 0.173. The van der Waals surface area contributed by atoms with Gasteiger partial charge in [0.15, 0.2) is 0 Å². The number of amides is 3. The van der Waals surface area contributed by atoms with E-state index in [4.69, 9.17) is 19.7 Å². The Morgan fingerprint density at radius 3 is 2.19 bits per heavy atom. The largest absolute Gasteiger partial charge is 0.494 e. The second-order valence-electron chi connectivity index (χ2n) is 9.56. The number of pyridine rings is 1. The van der Waals surface area contributed by atoms with E-state index in [-0.39, 0.29) is 25.3 Å². The number of rotatable bonds is 14. The summed E-state index contributed by atoms with van der Waals surface area (Å²) >= 11 is 0. The third-order valence-electron chi connectivity index (χ3n) is 6.41. The van der Waals surface area contributed by atoms with Crippen LogP contribution in [0.2, 0.25) is 0 Å². The average molecular weight is 587 g/mol. The molecule has 3 amide bonds. The number of benzene rings is 2. The zero-order valence-electron chi connectivity index (χ0n) is 23.7. The van der Waals surface area contributed by atoms with E-state index in [0.29, 0.717) is 18.9 Å². The molecule has 2 aromatic carbocycles. The van der Waals surface area contributed by atoms with Gasteiger partial charge in [-0.05, 0) is 47.4 Å². The van der Waals surface area contributed by atoms with Gasteiger partial charge in [-0.1, -0.05) is 47.6 Å². The molecular formula is C31H34N6O6. The van der Waals surface area contributed by atoms with Gasteiger partial charge in [-0.2, -0.15) is 0 Å². The minimum absolute atomic E-state index is 0.110. The van der Waals surface area contributed by atoms with Gasteiger partial charge < -0.3 is 35.7 Å². The van der Waals surface area contributed by atoms with Gasteiger partial charge in [-0.15, -0.1) is 0 Å². The fourth-order valence-corrected chi connectivity index (χ4v) is 4.19. The van der Waals surface area contributed by atoms with Crippen LogP contribution in [0.1, 0.15) is 29.2 Å². The van der Waals surface area contributed by atoms with E-state index in [0.717, 1.165) is 22.3 Å². The Hall–Kier alpha value is -5.23. The minimum Gasteiger partial charge on any atom is -0.494 e. The standard InChI is InChI=1S/C31H34N6O6/c1-2-41-25-11-9-21(10-12-25)16-27(37-31(40)42-28-13-15-35-43-28)30(39)36-26(17-24-4-3-14-33-19-24)29(38)34-20-23-7-5-22(18-32)6-8-23/h3-15,19,26-27H,2,16-18,20,32H2,1H3,(H,34,38)(H,36,39)(H,37,40)/t26-,27+/m0/s1. The lowest BCUT2D eigenvalue weighted by Crippen LogP contribution is -2.55. The predicted octanol–water partition coefficient (Wildman–Crippen LogP) is 2.67. The smallest absolute Gasteiger partial charge is 0.415 e. The SMILES string of the molecule is CCOc1ccc(C[C@@H](NC(=O)Oc2ccno2)C(=O)N[C@@H](Cc2cccnc2)C(=O)NCc2ccc(CN)cc2)cc1. The number of hydrogen-bond acceptors (Lipinski definition) is 9. The van der Waals surface area contributed by atoms with Crippen molar-refractivity contribution in [2.75, 3.05) is 6.61 Å². The fraction of sp³-hybridized carbons (Fsp3) is 0.258. The topological polar surface area (TPSA) is 171 Å². The summed E-state index contributed by atoms with van der Waals surface area (Å²) in [4.78, 5) is 43.8. The van der Waals surface area contributed by atoms with Crippen LogP contribution in [0.3, 0.4) is 0 Å². The van der Waals surface area contributed by atoms with Crippen LogP contribution in [-0.4, -0.2) is 46.7 Å². The van der Waals surface area contributed by atoms with Crippen LogP contribution in [0.25, 0.3) is 0 Å². The van der Waals surface area contributed by atoms with Crippen LogP contribution in [-0.2, 0) is 35.5 Å². The molecule has 0 aliphatic heterocycles. The number of nitrogens with zero attached hydrogens (tertiary/aromatic N) is 2. The number of aromatic nitrogens is 2. The van der Waals surface area contributed by atoms with Gasteiger partial charge in [-0.3, -0.25) is 14.6 Å². The molecule has 0 saturated heterocycles. The second kappa shape index (κ2) is 15.7. The van der Waals surface area contributed by atoms with Crippen molar-refractivity contribution in [3.8, 4) is 11.7 Å². The molecule has 0 radical (unpaired) electrons. The summed E-state index contributed by atoms with van der Waals surface area (Å²) in [5, 5.41) is 11.8. The molecule has 0 unspecified atom stereocenters. The Morgan fingerprint density at radius 2 is 1.53 bits per heavy atom. The summed E-state index contributed by atoms with van der Waals surface area (Å²) in [5.74, 6) is -0.439. The highest BCUT2D eigenvalue weighted by molar-refractivity contribution is 5.91. The highest BCUT2D eigenvalue weighted by atomic mass is 16.7. The van der Waals surface area contributed by atoms with Gasteiger partial charge in [0.1, 0.15) is 17.8 Å². The molecule has 0 aliphatic rings. The van der Waals surface area contributed by atoms with Gasteiger partial charge in [0.05, 0.1) is 12.8 Å². The summed E-state index contributed by atoms with van der Waals surface area (Å²) in [7, 11) is 0. The van der Waals surface area contributed by atoms with E-state index in [1.807, 2.05) is 37.3 Å². The molecule has 2 aromatic heterocycles. The first-order valence-corrected chi connectivity index (χ1v) is 13.8. The van der Waals surface area contributed by atoms with Crippen molar-refractivity contribution in [2.24, 2.45) is 5.73 Å². The molecule has 0 spiro atoms. The van der Waals surface area contributed by atoms with E-state index < -0.39 is 30.0 Å². The minimum atomic E-state index is -1.10. The molecule has 43 heavy (non-hydrogen) atoms. The number of ether oxygens (including phenoxy) is 2. The molecule has 12 heteroatoms. The third kappa shape index (κ3) is 9.68. The summed E-state index contributed by atoms with van der Waals surface area (Å²) in [6.07, 6.45) is 3.94. The first kappa shape index (κ1) is 30.7. The molecule has 4 rings (SSSR count). The number of nitrogens with one attached hydrogen (secondary N) is 3. The molecule has 2 atom stereocenters. The highest BCUT2D eigenvalue weighted by Crippen LogP contribution is 2.15. The second-order valence-corrected chi connectivity index (χ2v) is 9.56. The van der Waals surface area contributed by atoms with Crippen LogP contribution < -0.4 is 31.2 Å². The van der Waals surface area contributed by atoms with Crippen molar-refractivity contribution in [2.45, 2.75) is 44.9 Å². The summed E-state index contributed by atoms with van der Waals surface area (Å²) < 4.78 is 15.4. The van der Waals surface area contributed by atoms with Crippen molar-refractivity contribution in [3.63, 3.8) is 0 Å². The Kier molecular flexibility index (Phi) is 11.2. The molecule has 5 N–H and O–H groups in total. The molecule has 224 valence electrons. The fourth-order valence-electron chi connectivity index (χ4n) is 4.19. The highest BCUT2D eigenvalue weighted by Gasteiger charge is 2.28. The monoisotopic (exact) mass is 586 g/mol. The number of hydrogen-bond donors (Lipinski definition) is 4. The summed E-state index contributed by atoms with van der Waals surface area (Å²) in [5.41, 5.74) is 9.02. The van der Waals surface area contributed by atoms with Crippen LogP contribution in [0.5, 0.6) is 11.7 Å². The van der Waals surface area contributed by atoms with E-state index in [1.54, 1.807) is 42.7 Å². The zero-order chi connectivity index (χ0) is 30.4. The molecular weight excluding hydrogens is 552 g/mol. The summed E-state index contributed by atoms with van der Waals surface area (Å²) in [6, 6.07) is 17.6. The van der Waals surface area contributed by atoms with Crippen molar-refractivity contribution in [1.29, 1.82) is 0 Å². The molecule has 0 aliphatic carbocycles. The van der Waals surface area contributed by atoms with Crippen LogP contribution >= 0.6 is 0 Å². The van der Waals surface area contributed by atoms with Gasteiger partial charge in [0.25, 0.3) is 0 Å².